The average Bonchev–Trinajstić information content (AvgIpc) is 2.54. The lowest BCUT2D eigenvalue weighted by atomic mass is 10.2. The number of carboxylic acids is 1. The van der Waals surface area contributed by atoms with E-state index >= 15 is 0 Å². The SMILES string of the molecule is COc1ccc(S(=O)(=O)N2CCN(CC(F)(F)F)C(=O)C2)cc1C(=O)O. The maximum absolute atomic E-state index is 12.6. The highest BCUT2D eigenvalue weighted by molar-refractivity contribution is 7.89. The maximum Gasteiger partial charge on any atom is 0.406 e. The summed E-state index contributed by atoms with van der Waals surface area (Å²) in [5.74, 6) is -2.45. The van der Waals surface area contributed by atoms with Crippen LogP contribution in [0.15, 0.2) is 23.1 Å². The van der Waals surface area contributed by atoms with Gasteiger partial charge >= 0.3 is 12.1 Å². The van der Waals surface area contributed by atoms with E-state index in [9.17, 15) is 31.2 Å². The number of hydrogen-bond donors (Lipinski definition) is 1. The normalized spacial score (nSPS) is 16.6. The average molecular weight is 396 g/mol. The van der Waals surface area contributed by atoms with Crippen molar-refractivity contribution in [3.8, 4) is 5.75 Å². The molecular formula is C14H15F3N2O6S. The minimum atomic E-state index is -4.58. The molecule has 1 fully saturated rings. The highest BCUT2D eigenvalue weighted by Crippen LogP contribution is 2.26. The van der Waals surface area contributed by atoms with Crippen LogP contribution in [0.25, 0.3) is 0 Å². The van der Waals surface area contributed by atoms with Gasteiger partial charge in [0.05, 0.1) is 18.6 Å². The Bertz CT molecular complexity index is 824. The first kappa shape index (κ1) is 20.0. The van der Waals surface area contributed by atoms with E-state index in [0.29, 0.717) is 4.90 Å². The molecule has 144 valence electrons. The third-order valence-corrected chi connectivity index (χ3v) is 5.53. The standard InChI is InChI=1S/C14H15F3N2O6S/c1-25-11-3-2-9(6-10(11)13(21)22)26(23,24)19-5-4-18(12(20)7-19)8-14(15,16)17/h2-3,6H,4-5,7-8H2,1H3,(H,21,22). The summed E-state index contributed by atoms with van der Waals surface area (Å²) in [5, 5.41) is 9.13. The zero-order valence-corrected chi connectivity index (χ0v) is 14.3. The summed E-state index contributed by atoms with van der Waals surface area (Å²) >= 11 is 0. The van der Waals surface area contributed by atoms with E-state index in [1.54, 1.807) is 0 Å². The smallest absolute Gasteiger partial charge is 0.406 e. The number of carbonyl (C=O) groups excluding carboxylic acids is 1. The molecule has 0 aromatic heterocycles. The Labute approximate surface area is 146 Å². The third kappa shape index (κ3) is 4.25. The lowest BCUT2D eigenvalue weighted by molar-refractivity contribution is -0.164. The third-order valence-electron chi connectivity index (χ3n) is 3.69. The quantitative estimate of drug-likeness (QED) is 0.789. The number of carboxylic acid groups (broad SMARTS) is 1. The number of benzene rings is 1. The van der Waals surface area contributed by atoms with Gasteiger partial charge in [-0.2, -0.15) is 17.5 Å². The van der Waals surface area contributed by atoms with Crippen molar-refractivity contribution >= 4 is 21.9 Å². The van der Waals surface area contributed by atoms with E-state index in [1.165, 1.54) is 7.11 Å². The van der Waals surface area contributed by atoms with Crippen molar-refractivity contribution in [2.75, 3.05) is 33.3 Å². The number of methoxy groups -OCH3 is 1. The molecule has 0 radical (unpaired) electrons. The Hall–Kier alpha value is -2.34. The van der Waals surface area contributed by atoms with Crippen molar-refractivity contribution in [3.63, 3.8) is 0 Å². The maximum atomic E-state index is 12.6. The van der Waals surface area contributed by atoms with Crippen molar-refractivity contribution < 1.29 is 41.0 Å². The van der Waals surface area contributed by atoms with Crippen LogP contribution in [0.1, 0.15) is 10.4 Å². The summed E-state index contributed by atoms with van der Waals surface area (Å²) in [6.45, 7) is -2.96. The lowest BCUT2D eigenvalue weighted by Crippen LogP contribution is -2.54. The van der Waals surface area contributed by atoms with Crippen LogP contribution in [0.5, 0.6) is 5.75 Å². The molecule has 8 nitrogen and oxygen atoms in total. The van der Waals surface area contributed by atoms with Gasteiger partial charge in [-0.25, -0.2) is 13.2 Å². The molecule has 1 aromatic carbocycles. The van der Waals surface area contributed by atoms with Gasteiger partial charge in [0.25, 0.3) is 0 Å². The molecule has 2 rings (SSSR count). The van der Waals surface area contributed by atoms with Gasteiger partial charge in [0.1, 0.15) is 17.9 Å². The number of nitrogens with zero attached hydrogens (tertiary/aromatic N) is 2. The van der Waals surface area contributed by atoms with Crippen molar-refractivity contribution in [2.24, 2.45) is 0 Å². The van der Waals surface area contributed by atoms with Gasteiger partial charge in [0.2, 0.25) is 15.9 Å². The minimum absolute atomic E-state index is 0.0532. The summed E-state index contributed by atoms with van der Waals surface area (Å²) in [6.07, 6.45) is -4.58. The predicted molar refractivity (Wildman–Crippen MR) is 81.3 cm³/mol. The molecule has 1 aliphatic rings. The molecule has 1 N–H and O–H groups in total. The van der Waals surface area contributed by atoms with Crippen LogP contribution in [0.4, 0.5) is 13.2 Å². The molecule has 0 atom stereocenters. The van der Waals surface area contributed by atoms with Crippen LogP contribution in [-0.2, 0) is 14.8 Å². The van der Waals surface area contributed by atoms with Crippen molar-refractivity contribution in [2.45, 2.75) is 11.1 Å². The van der Waals surface area contributed by atoms with E-state index < -0.39 is 58.2 Å². The molecule has 0 aliphatic carbocycles. The number of alkyl halides is 3. The number of amides is 1. The fraction of sp³-hybridized carbons (Fsp3) is 0.429. The van der Waals surface area contributed by atoms with E-state index in [2.05, 4.69) is 0 Å². The summed E-state index contributed by atoms with van der Waals surface area (Å²) in [4.78, 5) is 23.2. The van der Waals surface area contributed by atoms with Crippen LogP contribution in [0, 0.1) is 0 Å². The number of sulfonamides is 1. The number of carbonyl (C=O) groups is 2. The van der Waals surface area contributed by atoms with Gasteiger partial charge in [-0.15, -0.1) is 0 Å². The first-order valence-electron chi connectivity index (χ1n) is 7.21. The van der Waals surface area contributed by atoms with Crippen molar-refractivity contribution in [1.82, 2.24) is 9.21 Å². The summed E-state index contributed by atoms with van der Waals surface area (Å²) in [7, 11) is -3.04. The van der Waals surface area contributed by atoms with Crippen molar-refractivity contribution in [3.05, 3.63) is 23.8 Å². The fourth-order valence-electron chi connectivity index (χ4n) is 2.44. The van der Waals surface area contributed by atoms with Crippen molar-refractivity contribution in [1.29, 1.82) is 0 Å². The largest absolute Gasteiger partial charge is 0.496 e. The topological polar surface area (TPSA) is 104 Å². The van der Waals surface area contributed by atoms with Crippen LogP contribution in [-0.4, -0.2) is 74.1 Å². The Kier molecular flexibility index (Phi) is 5.47. The molecule has 0 spiro atoms. The van der Waals surface area contributed by atoms with Gasteiger partial charge in [-0.05, 0) is 18.2 Å². The highest BCUT2D eigenvalue weighted by atomic mass is 32.2. The Balaban J connectivity index is 2.25. The zero-order valence-electron chi connectivity index (χ0n) is 13.5. The molecule has 0 unspecified atom stereocenters. The van der Waals surface area contributed by atoms with E-state index in [0.717, 1.165) is 22.5 Å². The molecule has 1 saturated heterocycles. The summed E-state index contributed by atoms with van der Waals surface area (Å²) in [5.41, 5.74) is -0.393. The Morgan fingerprint density at radius 1 is 1.31 bits per heavy atom. The number of piperazine rings is 1. The van der Waals surface area contributed by atoms with E-state index in [1.807, 2.05) is 0 Å². The van der Waals surface area contributed by atoms with Gasteiger partial charge in [-0.3, -0.25) is 4.79 Å². The fourth-order valence-corrected chi connectivity index (χ4v) is 3.85. The van der Waals surface area contributed by atoms with Crippen LogP contribution in [0.3, 0.4) is 0 Å². The number of aromatic carboxylic acids is 1. The molecule has 1 aromatic rings. The van der Waals surface area contributed by atoms with E-state index in [-0.39, 0.29) is 12.3 Å². The molecule has 26 heavy (non-hydrogen) atoms. The van der Waals surface area contributed by atoms with Gasteiger partial charge in [0, 0.05) is 13.1 Å². The summed E-state index contributed by atoms with van der Waals surface area (Å²) in [6, 6.07) is 3.13. The number of hydrogen-bond acceptors (Lipinski definition) is 5. The molecule has 0 bridgehead atoms. The molecule has 1 heterocycles. The second kappa shape index (κ2) is 7.11. The highest BCUT2D eigenvalue weighted by Gasteiger charge is 2.38. The first-order chi connectivity index (χ1) is 12.0. The van der Waals surface area contributed by atoms with Gasteiger partial charge < -0.3 is 14.7 Å². The molecule has 0 saturated carbocycles. The van der Waals surface area contributed by atoms with Crippen LogP contribution < -0.4 is 4.74 Å². The summed E-state index contributed by atoms with van der Waals surface area (Å²) < 4.78 is 68.0. The second-order valence-electron chi connectivity index (χ2n) is 5.44. The number of halogens is 3. The molecule has 12 heteroatoms. The zero-order chi connectivity index (χ0) is 19.7. The first-order valence-corrected chi connectivity index (χ1v) is 8.65. The monoisotopic (exact) mass is 396 g/mol. The molecule has 1 aliphatic heterocycles. The molecule has 1 amide bonds. The van der Waals surface area contributed by atoms with Crippen LogP contribution in [0.2, 0.25) is 0 Å². The van der Waals surface area contributed by atoms with E-state index in [4.69, 9.17) is 9.84 Å². The number of ether oxygens (including phenoxy) is 1. The number of rotatable bonds is 5. The van der Waals surface area contributed by atoms with Gasteiger partial charge in [-0.1, -0.05) is 0 Å². The lowest BCUT2D eigenvalue weighted by Gasteiger charge is -2.34. The second-order valence-corrected chi connectivity index (χ2v) is 7.37. The predicted octanol–water partition coefficient (Wildman–Crippen LogP) is 0.789. The van der Waals surface area contributed by atoms with Crippen LogP contribution >= 0.6 is 0 Å². The molecular weight excluding hydrogens is 381 g/mol. The Morgan fingerprint density at radius 2 is 1.96 bits per heavy atom. The minimum Gasteiger partial charge on any atom is -0.496 e. The Morgan fingerprint density at radius 3 is 2.46 bits per heavy atom. The van der Waals surface area contributed by atoms with Gasteiger partial charge in [0.15, 0.2) is 0 Å².